The number of hydrogen-bond donors (Lipinski definition) is 2. The molecular weight excluding hydrogens is 402 g/mol. The van der Waals surface area contributed by atoms with Gasteiger partial charge in [0.1, 0.15) is 23.0 Å². The Kier molecular flexibility index (Phi) is 6.81. The second-order valence-electron chi connectivity index (χ2n) is 7.00. The summed E-state index contributed by atoms with van der Waals surface area (Å²) >= 11 is 0. The molecule has 1 saturated heterocycles. The van der Waals surface area contributed by atoms with Crippen LogP contribution in [-0.4, -0.2) is 61.3 Å². The van der Waals surface area contributed by atoms with Gasteiger partial charge in [-0.3, -0.25) is 9.59 Å². The van der Waals surface area contributed by atoms with Crippen molar-refractivity contribution in [2.24, 2.45) is 0 Å². The van der Waals surface area contributed by atoms with Crippen LogP contribution >= 0.6 is 0 Å². The van der Waals surface area contributed by atoms with Gasteiger partial charge in [0, 0.05) is 20.3 Å². The summed E-state index contributed by atoms with van der Waals surface area (Å²) in [5.41, 5.74) is 0.640. The van der Waals surface area contributed by atoms with Gasteiger partial charge in [-0.25, -0.2) is 0 Å². The predicted molar refractivity (Wildman–Crippen MR) is 113 cm³/mol. The molecule has 0 radical (unpaired) electrons. The van der Waals surface area contributed by atoms with Crippen molar-refractivity contribution >= 4 is 17.4 Å². The number of aliphatic hydroxyl groups is 1. The lowest BCUT2D eigenvalue weighted by Gasteiger charge is -2.25. The van der Waals surface area contributed by atoms with Gasteiger partial charge >= 0.3 is 0 Å². The number of hydrogen-bond acceptors (Lipinski definition) is 7. The first kappa shape index (κ1) is 22.2. The van der Waals surface area contributed by atoms with Crippen molar-refractivity contribution < 1.29 is 34.0 Å². The first-order valence-electron chi connectivity index (χ1n) is 9.71. The van der Waals surface area contributed by atoms with Crippen molar-refractivity contribution in [2.45, 2.75) is 12.5 Å². The van der Waals surface area contributed by atoms with Crippen molar-refractivity contribution in [3.63, 3.8) is 0 Å². The summed E-state index contributed by atoms with van der Waals surface area (Å²) in [5, 5.41) is 21.2. The number of nitrogens with zero attached hydrogens (tertiary/aromatic N) is 1. The van der Waals surface area contributed by atoms with Crippen LogP contribution in [0.5, 0.6) is 17.2 Å². The molecule has 0 aromatic heterocycles. The number of ether oxygens (including phenoxy) is 3. The summed E-state index contributed by atoms with van der Waals surface area (Å²) in [6, 6.07) is 10.2. The molecule has 2 aromatic rings. The number of methoxy groups -OCH3 is 3. The highest BCUT2D eigenvalue weighted by Crippen LogP contribution is 2.42. The van der Waals surface area contributed by atoms with Gasteiger partial charge in [0.15, 0.2) is 0 Å². The first-order chi connectivity index (χ1) is 14.9. The summed E-state index contributed by atoms with van der Waals surface area (Å²) < 4.78 is 15.6. The maximum atomic E-state index is 13.0. The number of benzene rings is 2. The van der Waals surface area contributed by atoms with Gasteiger partial charge in [-0.1, -0.05) is 12.1 Å². The van der Waals surface area contributed by atoms with Crippen LogP contribution in [0.25, 0.3) is 5.76 Å². The Morgan fingerprint density at radius 3 is 2.48 bits per heavy atom. The zero-order valence-corrected chi connectivity index (χ0v) is 17.6. The van der Waals surface area contributed by atoms with E-state index in [4.69, 9.17) is 14.2 Å². The molecule has 1 aliphatic rings. The average Bonchev–Trinajstić information content (AvgIpc) is 3.03. The van der Waals surface area contributed by atoms with Crippen LogP contribution in [0.2, 0.25) is 0 Å². The number of ketones is 1. The van der Waals surface area contributed by atoms with Gasteiger partial charge in [0.25, 0.3) is 11.7 Å². The third kappa shape index (κ3) is 4.34. The van der Waals surface area contributed by atoms with Gasteiger partial charge in [0.05, 0.1) is 31.4 Å². The predicted octanol–water partition coefficient (Wildman–Crippen LogP) is 2.87. The van der Waals surface area contributed by atoms with E-state index in [1.54, 1.807) is 31.4 Å². The fourth-order valence-electron chi connectivity index (χ4n) is 3.68. The van der Waals surface area contributed by atoms with Crippen LogP contribution in [-0.2, 0) is 14.3 Å². The highest BCUT2D eigenvalue weighted by Gasteiger charge is 2.46. The molecule has 8 heteroatoms. The topological polar surface area (TPSA) is 106 Å². The molecular formula is C23H25NO7. The van der Waals surface area contributed by atoms with E-state index in [-0.39, 0.29) is 29.2 Å². The lowest BCUT2D eigenvalue weighted by atomic mass is 9.94. The number of likely N-dealkylation sites (tertiary alicyclic amines) is 1. The van der Waals surface area contributed by atoms with Crippen molar-refractivity contribution in [1.29, 1.82) is 0 Å². The standard InChI is InChI=1S/C23H25NO7/c1-29-11-5-10-24-20(14-6-4-7-15(25)12-14)19(22(27)23(24)28)21(26)17-13-16(30-2)8-9-18(17)31-3/h4,6-9,12-13,20,25-26H,5,10-11H2,1-3H3/b21-19+. The van der Waals surface area contributed by atoms with E-state index >= 15 is 0 Å². The summed E-state index contributed by atoms with van der Waals surface area (Å²) in [7, 11) is 4.47. The maximum absolute atomic E-state index is 13.0. The Balaban J connectivity index is 2.20. The lowest BCUT2D eigenvalue weighted by molar-refractivity contribution is -0.140. The number of carbonyl (C=O) groups is 2. The van der Waals surface area contributed by atoms with E-state index in [2.05, 4.69) is 0 Å². The Labute approximate surface area is 180 Å². The van der Waals surface area contributed by atoms with E-state index in [1.807, 2.05) is 0 Å². The SMILES string of the molecule is COCCCN1C(=O)C(=O)/C(=C(/O)c2cc(OC)ccc2OC)C1c1cccc(O)c1. The monoisotopic (exact) mass is 427 g/mol. The smallest absolute Gasteiger partial charge is 0.295 e. The van der Waals surface area contributed by atoms with Crippen LogP contribution in [0.1, 0.15) is 23.6 Å². The molecule has 1 fully saturated rings. The summed E-state index contributed by atoms with van der Waals surface area (Å²) in [6.07, 6.45) is 0.501. The number of aliphatic hydroxyl groups excluding tert-OH is 1. The minimum atomic E-state index is -0.875. The van der Waals surface area contributed by atoms with E-state index in [9.17, 15) is 19.8 Å². The average molecular weight is 427 g/mol. The molecule has 1 amide bonds. The van der Waals surface area contributed by atoms with Crippen LogP contribution in [0.4, 0.5) is 0 Å². The molecule has 0 bridgehead atoms. The minimum Gasteiger partial charge on any atom is -0.508 e. The molecule has 1 atom stereocenters. The van der Waals surface area contributed by atoms with Gasteiger partial charge < -0.3 is 29.3 Å². The van der Waals surface area contributed by atoms with Crippen molar-refractivity contribution in [1.82, 2.24) is 4.90 Å². The molecule has 3 rings (SSSR count). The fourth-order valence-corrected chi connectivity index (χ4v) is 3.68. The molecule has 1 aliphatic heterocycles. The van der Waals surface area contributed by atoms with Gasteiger partial charge in [-0.05, 0) is 42.3 Å². The summed E-state index contributed by atoms with van der Waals surface area (Å²) in [4.78, 5) is 27.3. The van der Waals surface area contributed by atoms with Gasteiger partial charge in [-0.2, -0.15) is 0 Å². The fraction of sp³-hybridized carbons (Fsp3) is 0.304. The van der Waals surface area contributed by atoms with Gasteiger partial charge in [0.2, 0.25) is 0 Å². The van der Waals surface area contributed by atoms with Crippen molar-refractivity contribution in [2.75, 3.05) is 34.5 Å². The van der Waals surface area contributed by atoms with Crippen LogP contribution in [0.3, 0.4) is 0 Å². The molecule has 1 heterocycles. The Bertz CT molecular complexity index is 1010. The number of Topliss-reactive ketones (excluding diaryl/α,β-unsaturated/α-hetero) is 1. The highest BCUT2D eigenvalue weighted by molar-refractivity contribution is 6.46. The summed E-state index contributed by atoms with van der Waals surface area (Å²) in [6.45, 7) is 0.643. The molecule has 31 heavy (non-hydrogen) atoms. The van der Waals surface area contributed by atoms with E-state index in [1.165, 1.54) is 37.3 Å². The molecule has 164 valence electrons. The van der Waals surface area contributed by atoms with Crippen LogP contribution in [0.15, 0.2) is 48.0 Å². The van der Waals surface area contributed by atoms with Crippen molar-refractivity contribution in [3.8, 4) is 17.2 Å². The number of rotatable bonds is 8. The molecule has 0 spiro atoms. The quantitative estimate of drug-likeness (QED) is 0.289. The minimum absolute atomic E-state index is 0.0149. The van der Waals surface area contributed by atoms with E-state index < -0.39 is 17.7 Å². The normalized spacial score (nSPS) is 17.8. The number of carbonyl (C=O) groups excluding carboxylic acids is 2. The molecule has 2 aromatic carbocycles. The molecule has 0 saturated carbocycles. The first-order valence-corrected chi connectivity index (χ1v) is 9.71. The largest absolute Gasteiger partial charge is 0.508 e. The number of aromatic hydroxyl groups is 1. The third-order valence-corrected chi connectivity index (χ3v) is 5.14. The van der Waals surface area contributed by atoms with Crippen LogP contribution in [0, 0.1) is 0 Å². The van der Waals surface area contributed by atoms with E-state index in [0.717, 1.165) is 0 Å². The Morgan fingerprint density at radius 2 is 1.84 bits per heavy atom. The molecule has 0 aliphatic carbocycles. The Hall–Kier alpha value is -3.52. The van der Waals surface area contributed by atoms with Crippen molar-refractivity contribution in [3.05, 3.63) is 59.2 Å². The lowest BCUT2D eigenvalue weighted by Crippen LogP contribution is -2.31. The second-order valence-corrected chi connectivity index (χ2v) is 7.00. The van der Waals surface area contributed by atoms with Gasteiger partial charge in [-0.15, -0.1) is 0 Å². The Morgan fingerprint density at radius 1 is 1.06 bits per heavy atom. The number of phenolic OH excluding ortho intramolecular Hbond substituents is 1. The van der Waals surface area contributed by atoms with E-state index in [0.29, 0.717) is 30.1 Å². The molecule has 1 unspecified atom stereocenters. The maximum Gasteiger partial charge on any atom is 0.295 e. The zero-order chi connectivity index (χ0) is 22.5. The third-order valence-electron chi connectivity index (χ3n) is 5.14. The number of phenols is 1. The number of amides is 1. The molecule has 8 nitrogen and oxygen atoms in total. The molecule has 2 N–H and O–H groups in total. The second kappa shape index (κ2) is 9.53. The highest BCUT2D eigenvalue weighted by atomic mass is 16.5. The zero-order valence-electron chi connectivity index (χ0n) is 17.6. The summed E-state index contributed by atoms with van der Waals surface area (Å²) in [5.74, 6) is -1.17. The van der Waals surface area contributed by atoms with Crippen LogP contribution < -0.4 is 9.47 Å².